The van der Waals surface area contributed by atoms with Crippen LogP contribution in [-0.2, 0) is 16.2 Å². The fourth-order valence-electron chi connectivity index (χ4n) is 1.96. The standard InChI is InChI=1S/C15H14F3N3O2S2/c1-19-25(22,23)11-8-6-10(7-9-11)20-14(24)21-13-5-3-2-4-12(13)15(16,17)18/h2-9,19H,1H3,(H2,20,21,24). The number of benzene rings is 2. The summed E-state index contributed by atoms with van der Waals surface area (Å²) >= 11 is 5.01. The summed E-state index contributed by atoms with van der Waals surface area (Å²) in [4.78, 5) is 0.0573. The summed E-state index contributed by atoms with van der Waals surface area (Å²) in [6.07, 6.45) is -4.51. The largest absolute Gasteiger partial charge is 0.418 e. The molecule has 2 aromatic rings. The Morgan fingerprint density at radius 3 is 2.16 bits per heavy atom. The van der Waals surface area contributed by atoms with Gasteiger partial charge in [-0.25, -0.2) is 13.1 Å². The van der Waals surface area contributed by atoms with Gasteiger partial charge in [-0.3, -0.25) is 0 Å². The molecule has 0 spiro atoms. The van der Waals surface area contributed by atoms with Gasteiger partial charge in [0.2, 0.25) is 10.0 Å². The van der Waals surface area contributed by atoms with E-state index in [2.05, 4.69) is 15.4 Å². The van der Waals surface area contributed by atoms with E-state index in [9.17, 15) is 21.6 Å². The maximum atomic E-state index is 12.9. The van der Waals surface area contributed by atoms with E-state index < -0.39 is 21.8 Å². The highest BCUT2D eigenvalue weighted by atomic mass is 32.2. The van der Waals surface area contributed by atoms with Gasteiger partial charge < -0.3 is 10.6 Å². The van der Waals surface area contributed by atoms with Crippen LogP contribution in [0.3, 0.4) is 0 Å². The molecule has 0 fully saturated rings. The second-order valence-electron chi connectivity index (χ2n) is 4.85. The van der Waals surface area contributed by atoms with Crippen LogP contribution in [-0.4, -0.2) is 20.6 Å². The van der Waals surface area contributed by atoms with E-state index in [1.807, 2.05) is 0 Å². The van der Waals surface area contributed by atoms with E-state index in [-0.39, 0.29) is 15.7 Å². The first-order valence-corrected chi connectivity index (χ1v) is 8.80. The molecule has 0 aromatic heterocycles. The van der Waals surface area contributed by atoms with Crippen molar-refractivity contribution in [1.82, 2.24) is 4.72 Å². The summed E-state index contributed by atoms with van der Waals surface area (Å²) in [5.74, 6) is 0. The molecule has 2 aromatic carbocycles. The summed E-state index contributed by atoms with van der Waals surface area (Å²) in [5.41, 5.74) is -0.589. The SMILES string of the molecule is CNS(=O)(=O)c1ccc(NC(=S)Nc2ccccc2C(F)(F)F)cc1. The normalized spacial score (nSPS) is 11.8. The molecule has 0 unspecified atom stereocenters. The molecule has 0 saturated heterocycles. The zero-order chi connectivity index (χ0) is 18.7. The minimum Gasteiger partial charge on any atom is -0.332 e. The third kappa shape index (κ3) is 4.91. The lowest BCUT2D eigenvalue weighted by atomic mass is 10.1. The van der Waals surface area contributed by atoms with Crippen LogP contribution in [0.1, 0.15) is 5.56 Å². The van der Waals surface area contributed by atoms with Crippen LogP contribution in [0, 0.1) is 0 Å². The van der Waals surface area contributed by atoms with Crippen molar-refractivity contribution in [2.45, 2.75) is 11.1 Å². The fourth-order valence-corrected chi connectivity index (χ4v) is 2.92. The Morgan fingerprint density at radius 2 is 1.60 bits per heavy atom. The zero-order valence-electron chi connectivity index (χ0n) is 12.9. The highest BCUT2D eigenvalue weighted by molar-refractivity contribution is 7.89. The third-order valence-corrected chi connectivity index (χ3v) is 4.81. The van der Waals surface area contributed by atoms with Gasteiger partial charge >= 0.3 is 6.18 Å². The smallest absolute Gasteiger partial charge is 0.332 e. The lowest BCUT2D eigenvalue weighted by Gasteiger charge is -2.16. The quantitative estimate of drug-likeness (QED) is 0.699. The van der Waals surface area contributed by atoms with Gasteiger partial charge in [-0.1, -0.05) is 12.1 Å². The molecule has 10 heteroatoms. The topological polar surface area (TPSA) is 70.2 Å². The summed E-state index contributed by atoms with van der Waals surface area (Å²) in [6, 6.07) is 10.5. The van der Waals surface area contributed by atoms with E-state index in [1.165, 1.54) is 49.5 Å². The number of anilines is 2. The van der Waals surface area contributed by atoms with Crippen molar-refractivity contribution in [1.29, 1.82) is 0 Å². The van der Waals surface area contributed by atoms with Gasteiger partial charge in [0.05, 0.1) is 16.1 Å². The molecule has 0 amide bonds. The molecule has 0 heterocycles. The van der Waals surface area contributed by atoms with Crippen LogP contribution in [0.15, 0.2) is 53.4 Å². The average Bonchev–Trinajstić information content (AvgIpc) is 2.54. The van der Waals surface area contributed by atoms with E-state index >= 15 is 0 Å². The predicted molar refractivity (Wildman–Crippen MR) is 94.0 cm³/mol. The first-order chi connectivity index (χ1) is 11.6. The first kappa shape index (κ1) is 19.2. The summed E-state index contributed by atoms with van der Waals surface area (Å²) in [7, 11) is -2.27. The predicted octanol–water partition coefficient (Wildman–Crippen LogP) is 3.42. The molecule has 0 saturated carbocycles. The number of sulfonamides is 1. The molecule has 0 aliphatic carbocycles. The lowest BCUT2D eigenvalue weighted by molar-refractivity contribution is -0.136. The molecule has 5 nitrogen and oxygen atoms in total. The van der Waals surface area contributed by atoms with Crippen molar-refractivity contribution >= 4 is 38.7 Å². The molecule has 3 N–H and O–H groups in total. The molecule has 0 bridgehead atoms. The van der Waals surface area contributed by atoms with E-state index in [1.54, 1.807) is 0 Å². The number of rotatable bonds is 4. The van der Waals surface area contributed by atoms with Crippen LogP contribution in [0.2, 0.25) is 0 Å². The van der Waals surface area contributed by atoms with Crippen LogP contribution in [0.5, 0.6) is 0 Å². The molecule has 25 heavy (non-hydrogen) atoms. The molecular weight excluding hydrogens is 375 g/mol. The van der Waals surface area contributed by atoms with Crippen molar-refractivity contribution in [3.63, 3.8) is 0 Å². The van der Waals surface area contributed by atoms with Crippen molar-refractivity contribution in [3.8, 4) is 0 Å². The average molecular weight is 389 g/mol. The Morgan fingerprint density at radius 1 is 1.00 bits per heavy atom. The first-order valence-electron chi connectivity index (χ1n) is 6.91. The van der Waals surface area contributed by atoms with Gasteiger partial charge in [-0.2, -0.15) is 13.2 Å². The minimum absolute atomic E-state index is 0.0547. The van der Waals surface area contributed by atoms with Crippen LogP contribution >= 0.6 is 12.2 Å². The minimum atomic E-state index is -4.51. The molecule has 0 radical (unpaired) electrons. The van der Waals surface area contributed by atoms with E-state index in [0.29, 0.717) is 5.69 Å². The number of hydrogen-bond donors (Lipinski definition) is 3. The van der Waals surface area contributed by atoms with Gasteiger partial charge in [-0.15, -0.1) is 0 Å². The third-order valence-electron chi connectivity index (χ3n) is 3.17. The number of para-hydroxylation sites is 1. The Hall–Kier alpha value is -2.17. The van der Waals surface area contributed by atoms with Gasteiger partial charge in [-0.05, 0) is 55.7 Å². The summed E-state index contributed by atoms with van der Waals surface area (Å²) in [5, 5.41) is 5.14. The van der Waals surface area contributed by atoms with Crippen molar-refractivity contribution in [2.24, 2.45) is 0 Å². The highest BCUT2D eigenvalue weighted by Crippen LogP contribution is 2.34. The van der Waals surface area contributed by atoms with Gasteiger partial charge in [0.15, 0.2) is 5.11 Å². The van der Waals surface area contributed by atoms with Gasteiger partial charge in [0.1, 0.15) is 0 Å². The fraction of sp³-hybridized carbons (Fsp3) is 0.133. The van der Waals surface area contributed by atoms with Crippen molar-refractivity contribution < 1.29 is 21.6 Å². The molecule has 2 rings (SSSR count). The monoisotopic (exact) mass is 389 g/mol. The van der Waals surface area contributed by atoms with Crippen molar-refractivity contribution in [2.75, 3.05) is 17.7 Å². The number of alkyl halides is 3. The van der Waals surface area contributed by atoms with E-state index in [4.69, 9.17) is 12.2 Å². The Balaban J connectivity index is 2.12. The van der Waals surface area contributed by atoms with Crippen molar-refractivity contribution in [3.05, 3.63) is 54.1 Å². The number of halogens is 3. The molecule has 0 aliphatic rings. The van der Waals surface area contributed by atoms with Crippen LogP contribution in [0.4, 0.5) is 24.5 Å². The molecule has 0 aliphatic heterocycles. The maximum absolute atomic E-state index is 12.9. The molecule has 0 atom stereocenters. The number of hydrogen-bond acceptors (Lipinski definition) is 3. The molecular formula is C15H14F3N3O2S2. The zero-order valence-corrected chi connectivity index (χ0v) is 14.5. The maximum Gasteiger partial charge on any atom is 0.418 e. The second kappa shape index (κ2) is 7.38. The number of nitrogens with one attached hydrogen (secondary N) is 3. The Bertz CT molecular complexity index is 866. The summed E-state index contributed by atoms with van der Waals surface area (Å²) < 4.78 is 64.3. The van der Waals surface area contributed by atoms with Gasteiger partial charge in [0.25, 0.3) is 0 Å². The Kier molecular flexibility index (Phi) is 5.65. The number of thiocarbonyl (C=S) groups is 1. The highest BCUT2D eigenvalue weighted by Gasteiger charge is 2.33. The van der Waals surface area contributed by atoms with Gasteiger partial charge in [0, 0.05) is 5.69 Å². The second-order valence-corrected chi connectivity index (χ2v) is 7.15. The summed E-state index contributed by atoms with van der Waals surface area (Å²) in [6.45, 7) is 0. The van der Waals surface area contributed by atoms with Crippen LogP contribution < -0.4 is 15.4 Å². The Labute approximate surface area is 148 Å². The van der Waals surface area contributed by atoms with E-state index in [0.717, 1.165) is 6.07 Å². The van der Waals surface area contributed by atoms with Crippen LogP contribution in [0.25, 0.3) is 0 Å². The molecule has 134 valence electrons. The lowest BCUT2D eigenvalue weighted by Crippen LogP contribution is -2.22.